The topological polar surface area (TPSA) is 102 Å². The average molecular weight is 318 g/mol. The number of carbonyl (C=O) groups excluding carboxylic acids is 1. The van der Waals surface area contributed by atoms with Gasteiger partial charge in [-0.25, -0.2) is 4.79 Å². The van der Waals surface area contributed by atoms with Crippen LogP contribution in [0.3, 0.4) is 0 Å². The van der Waals surface area contributed by atoms with Crippen molar-refractivity contribution in [1.29, 1.82) is 0 Å². The number of aromatic amines is 1. The van der Waals surface area contributed by atoms with Crippen molar-refractivity contribution in [2.75, 3.05) is 0 Å². The van der Waals surface area contributed by atoms with Crippen molar-refractivity contribution in [1.82, 2.24) is 10.1 Å². The molecule has 1 aromatic rings. The first kappa shape index (κ1) is 17.9. The summed E-state index contributed by atoms with van der Waals surface area (Å²) in [6, 6.07) is -0.354. The van der Waals surface area contributed by atoms with Crippen molar-refractivity contribution in [3.63, 3.8) is 0 Å². The molecule has 120 valence electrons. The number of halogens is 1. The highest BCUT2D eigenvalue weighted by Gasteiger charge is 2.33. The van der Waals surface area contributed by atoms with Gasteiger partial charge in [-0.2, -0.15) is 0 Å². The number of Topliss-reactive ketones (excluding diaryl/α,β-unsaturated/α-hetero) is 1. The van der Waals surface area contributed by atoms with Crippen molar-refractivity contribution < 1.29 is 9.32 Å². The summed E-state index contributed by atoms with van der Waals surface area (Å²) < 4.78 is 4.56. The van der Waals surface area contributed by atoms with E-state index in [1.165, 1.54) is 0 Å². The third kappa shape index (κ3) is 4.68. The Labute approximate surface area is 130 Å². The highest BCUT2D eigenvalue weighted by molar-refractivity contribution is 5.85. The van der Waals surface area contributed by atoms with Gasteiger partial charge in [0.05, 0.1) is 6.04 Å². The first-order chi connectivity index (χ1) is 9.61. The summed E-state index contributed by atoms with van der Waals surface area (Å²) in [5.41, 5.74) is 5.93. The number of rotatable bonds is 7. The zero-order valence-electron chi connectivity index (χ0n) is 12.3. The van der Waals surface area contributed by atoms with E-state index in [4.69, 9.17) is 5.73 Å². The van der Waals surface area contributed by atoms with Crippen molar-refractivity contribution in [3.8, 4) is 0 Å². The fraction of sp³-hybridized carbons (Fsp3) is 0.786. The molecule has 1 saturated carbocycles. The lowest BCUT2D eigenvalue weighted by molar-refractivity contribution is -0.121. The summed E-state index contributed by atoms with van der Waals surface area (Å²) in [6.07, 6.45) is 6.22. The maximum absolute atomic E-state index is 12.1. The van der Waals surface area contributed by atoms with Crippen molar-refractivity contribution in [2.45, 2.75) is 63.8 Å². The Hall–Kier alpha value is -1.14. The van der Waals surface area contributed by atoms with Crippen LogP contribution in [0.1, 0.15) is 63.6 Å². The fourth-order valence-corrected chi connectivity index (χ4v) is 3.04. The van der Waals surface area contributed by atoms with E-state index in [0.717, 1.165) is 38.5 Å². The van der Waals surface area contributed by atoms with Crippen LogP contribution in [0.4, 0.5) is 0 Å². The zero-order chi connectivity index (χ0) is 14.5. The predicted molar refractivity (Wildman–Crippen MR) is 81.6 cm³/mol. The Morgan fingerprint density at radius 1 is 1.52 bits per heavy atom. The molecule has 2 rings (SSSR count). The van der Waals surface area contributed by atoms with E-state index in [1.807, 2.05) is 0 Å². The molecule has 7 heteroatoms. The Balaban J connectivity index is 0.00000220. The van der Waals surface area contributed by atoms with Crippen LogP contribution in [0.5, 0.6) is 0 Å². The molecule has 6 nitrogen and oxygen atoms in total. The number of ketones is 1. The second-order valence-corrected chi connectivity index (χ2v) is 5.70. The van der Waals surface area contributed by atoms with E-state index in [-0.39, 0.29) is 36.1 Å². The number of unbranched alkanes of at least 4 members (excludes halogenated alkanes) is 1. The lowest BCUT2D eigenvalue weighted by Gasteiger charge is -2.18. The van der Waals surface area contributed by atoms with E-state index in [0.29, 0.717) is 12.2 Å². The molecule has 3 atom stereocenters. The minimum Gasteiger partial charge on any atom is -0.322 e. The van der Waals surface area contributed by atoms with E-state index < -0.39 is 5.76 Å². The third-order valence-electron chi connectivity index (χ3n) is 4.21. The molecule has 0 aromatic carbocycles. The SMILES string of the molecule is CCCC[C@H](N)C(=O)C[C@H]1CCC[C@H]1c1noc(=O)[nH]1.Cl. The summed E-state index contributed by atoms with van der Waals surface area (Å²) in [6.45, 7) is 2.09. The fourth-order valence-electron chi connectivity index (χ4n) is 3.04. The van der Waals surface area contributed by atoms with Crippen LogP contribution in [0.15, 0.2) is 9.32 Å². The number of hydrogen-bond acceptors (Lipinski definition) is 5. The molecule has 1 aromatic heterocycles. The lowest BCUT2D eigenvalue weighted by atomic mass is 9.88. The Bertz CT molecular complexity index is 500. The van der Waals surface area contributed by atoms with Gasteiger partial charge in [0.2, 0.25) is 0 Å². The summed E-state index contributed by atoms with van der Waals surface area (Å²) in [4.78, 5) is 25.8. The molecule has 0 aliphatic heterocycles. The standard InChI is InChI=1S/C14H23N3O3.ClH/c1-2-3-7-11(15)12(18)8-9-5-4-6-10(9)13-16-14(19)20-17-13;/h9-11H,2-8,15H2,1H3,(H,16,17,19);1H/t9-,10-,11+;/m1./s1. The van der Waals surface area contributed by atoms with Crippen LogP contribution in [0, 0.1) is 5.92 Å². The van der Waals surface area contributed by atoms with Crippen LogP contribution in [-0.4, -0.2) is 22.0 Å². The largest absolute Gasteiger partial charge is 0.438 e. The number of H-pyrrole nitrogens is 1. The van der Waals surface area contributed by atoms with Gasteiger partial charge in [-0.3, -0.25) is 14.3 Å². The van der Waals surface area contributed by atoms with Crippen LogP contribution in [0.2, 0.25) is 0 Å². The molecule has 0 amide bonds. The minimum atomic E-state index is -0.531. The van der Waals surface area contributed by atoms with Gasteiger partial charge in [0.1, 0.15) is 5.78 Å². The second kappa shape index (κ2) is 8.34. The van der Waals surface area contributed by atoms with Crippen LogP contribution in [-0.2, 0) is 4.79 Å². The molecule has 1 fully saturated rings. The number of aromatic nitrogens is 2. The van der Waals surface area contributed by atoms with Crippen molar-refractivity contribution >= 4 is 18.2 Å². The quantitative estimate of drug-likeness (QED) is 0.802. The summed E-state index contributed by atoms with van der Waals surface area (Å²) in [7, 11) is 0. The molecule has 0 unspecified atom stereocenters. The summed E-state index contributed by atoms with van der Waals surface area (Å²) in [5, 5.41) is 3.76. The van der Waals surface area contributed by atoms with Gasteiger partial charge in [-0.1, -0.05) is 31.3 Å². The number of hydrogen-bond donors (Lipinski definition) is 2. The van der Waals surface area contributed by atoms with E-state index in [2.05, 4.69) is 21.6 Å². The molecular weight excluding hydrogens is 294 g/mol. The molecule has 1 aliphatic rings. The number of carbonyl (C=O) groups is 1. The first-order valence-corrected chi connectivity index (χ1v) is 7.46. The van der Waals surface area contributed by atoms with E-state index in [9.17, 15) is 9.59 Å². The molecule has 21 heavy (non-hydrogen) atoms. The third-order valence-corrected chi connectivity index (χ3v) is 4.21. The first-order valence-electron chi connectivity index (χ1n) is 7.46. The minimum absolute atomic E-state index is 0. The Morgan fingerprint density at radius 2 is 2.29 bits per heavy atom. The number of nitrogens with one attached hydrogen (secondary N) is 1. The molecule has 1 heterocycles. The highest BCUT2D eigenvalue weighted by atomic mass is 35.5. The summed E-state index contributed by atoms with van der Waals surface area (Å²) >= 11 is 0. The van der Waals surface area contributed by atoms with Crippen LogP contribution < -0.4 is 11.5 Å². The van der Waals surface area contributed by atoms with Gasteiger partial charge < -0.3 is 5.73 Å². The maximum atomic E-state index is 12.1. The van der Waals surface area contributed by atoms with Gasteiger partial charge in [0.25, 0.3) is 0 Å². The van der Waals surface area contributed by atoms with Crippen molar-refractivity contribution in [2.24, 2.45) is 11.7 Å². The Kier molecular flexibility index (Phi) is 7.11. The van der Waals surface area contributed by atoms with Gasteiger partial charge in [0.15, 0.2) is 5.82 Å². The number of nitrogens with zero attached hydrogens (tertiary/aromatic N) is 1. The molecule has 3 N–H and O–H groups in total. The second-order valence-electron chi connectivity index (χ2n) is 5.70. The Morgan fingerprint density at radius 3 is 2.90 bits per heavy atom. The zero-order valence-corrected chi connectivity index (χ0v) is 13.2. The molecule has 0 spiro atoms. The molecular formula is C14H24ClN3O3. The predicted octanol–water partition coefficient (Wildman–Crippen LogP) is 2.15. The van der Waals surface area contributed by atoms with Crippen LogP contribution in [0.25, 0.3) is 0 Å². The highest BCUT2D eigenvalue weighted by Crippen LogP contribution is 2.40. The van der Waals surface area contributed by atoms with E-state index >= 15 is 0 Å². The maximum Gasteiger partial charge on any atom is 0.438 e. The normalized spacial score (nSPS) is 22.8. The molecule has 0 radical (unpaired) electrons. The summed E-state index contributed by atoms with van der Waals surface area (Å²) in [5.74, 6) is 0.505. The van der Waals surface area contributed by atoms with Crippen molar-refractivity contribution in [3.05, 3.63) is 16.4 Å². The van der Waals surface area contributed by atoms with Gasteiger partial charge >= 0.3 is 5.76 Å². The molecule has 0 bridgehead atoms. The smallest absolute Gasteiger partial charge is 0.322 e. The molecule has 0 saturated heterocycles. The van der Waals surface area contributed by atoms with Gasteiger partial charge in [-0.15, -0.1) is 12.4 Å². The lowest BCUT2D eigenvalue weighted by Crippen LogP contribution is -2.32. The van der Waals surface area contributed by atoms with Crippen LogP contribution >= 0.6 is 12.4 Å². The monoisotopic (exact) mass is 317 g/mol. The number of nitrogens with two attached hydrogens (primary N) is 1. The molecule has 1 aliphatic carbocycles. The van der Waals surface area contributed by atoms with Gasteiger partial charge in [-0.05, 0) is 25.2 Å². The van der Waals surface area contributed by atoms with E-state index in [1.54, 1.807) is 0 Å². The van der Waals surface area contributed by atoms with Gasteiger partial charge in [0, 0.05) is 12.3 Å². The average Bonchev–Trinajstić information content (AvgIpc) is 3.04.